The van der Waals surface area contributed by atoms with Crippen LogP contribution in [-0.2, 0) is 6.54 Å². The van der Waals surface area contributed by atoms with Crippen molar-refractivity contribution in [1.29, 1.82) is 0 Å². The highest BCUT2D eigenvalue weighted by molar-refractivity contribution is 5.04. The molecule has 0 aliphatic heterocycles. The third-order valence-corrected chi connectivity index (χ3v) is 4.43. The summed E-state index contributed by atoms with van der Waals surface area (Å²) in [4.78, 5) is 4.19. The summed E-state index contributed by atoms with van der Waals surface area (Å²) in [6.07, 6.45) is 10.6. The first kappa shape index (κ1) is 13.6. The fraction of sp³-hybridized carbons (Fsp3) is 0.800. The number of hydrogen-bond acceptors (Lipinski definition) is 2. The van der Waals surface area contributed by atoms with Crippen LogP contribution in [-0.4, -0.2) is 14.7 Å². The van der Waals surface area contributed by atoms with Crippen molar-refractivity contribution in [1.82, 2.24) is 9.55 Å². The fourth-order valence-electron chi connectivity index (χ4n) is 3.16. The van der Waals surface area contributed by atoms with Gasteiger partial charge in [-0.05, 0) is 31.1 Å². The van der Waals surface area contributed by atoms with Gasteiger partial charge in [-0.1, -0.05) is 33.1 Å². The molecule has 1 aliphatic carbocycles. The van der Waals surface area contributed by atoms with Gasteiger partial charge in [-0.15, -0.1) is 0 Å². The molecule has 1 aliphatic rings. The maximum atomic E-state index is 10.5. The van der Waals surface area contributed by atoms with Gasteiger partial charge in [0.2, 0.25) is 0 Å². The summed E-state index contributed by atoms with van der Waals surface area (Å²) in [5.41, 5.74) is 1.01. The first-order valence-electron chi connectivity index (χ1n) is 7.44. The predicted octanol–water partition coefficient (Wildman–Crippen LogP) is 3.54. The molecule has 0 radical (unpaired) electrons. The molecule has 0 bridgehead atoms. The molecule has 1 heterocycles. The third kappa shape index (κ3) is 2.94. The Hall–Kier alpha value is -0.830. The van der Waals surface area contributed by atoms with Crippen LogP contribution in [0.4, 0.5) is 0 Å². The van der Waals surface area contributed by atoms with Crippen molar-refractivity contribution in [2.45, 2.75) is 65.0 Å². The Bertz CT molecular complexity index is 353. The van der Waals surface area contributed by atoms with E-state index in [0.717, 1.165) is 37.4 Å². The van der Waals surface area contributed by atoms with E-state index in [1.807, 2.05) is 12.5 Å². The average Bonchev–Trinajstić information content (AvgIpc) is 2.87. The second-order valence-electron chi connectivity index (χ2n) is 5.65. The number of aromatic nitrogens is 2. The number of nitrogens with zero attached hydrogens (tertiary/aromatic N) is 2. The summed E-state index contributed by atoms with van der Waals surface area (Å²) in [6, 6.07) is 0. The molecular weight excluding hydrogens is 224 g/mol. The van der Waals surface area contributed by atoms with Crippen LogP contribution in [0.25, 0.3) is 0 Å². The first-order chi connectivity index (χ1) is 8.76. The summed E-state index contributed by atoms with van der Waals surface area (Å²) in [5, 5.41) is 10.5. The Morgan fingerprint density at radius 1 is 1.33 bits per heavy atom. The van der Waals surface area contributed by atoms with Crippen LogP contribution in [0.1, 0.15) is 64.2 Å². The monoisotopic (exact) mass is 250 g/mol. The van der Waals surface area contributed by atoms with Crippen molar-refractivity contribution < 1.29 is 5.11 Å². The van der Waals surface area contributed by atoms with E-state index in [-0.39, 0.29) is 6.10 Å². The number of aliphatic hydroxyl groups excluding tert-OH is 1. The Labute approximate surface area is 110 Å². The van der Waals surface area contributed by atoms with E-state index in [9.17, 15) is 5.11 Å². The number of rotatable bonds is 5. The van der Waals surface area contributed by atoms with Crippen LogP contribution in [0.3, 0.4) is 0 Å². The minimum absolute atomic E-state index is 0.322. The van der Waals surface area contributed by atoms with Gasteiger partial charge in [-0.2, -0.15) is 0 Å². The van der Waals surface area contributed by atoms with Gasteiger partial charge in [0, 0.05) is 6.54 Å². The van der Waals surface area contributed by atoms with Crippen molar-refractivity contribution in [2.24, 2.45) is 11.8 Å². The topological polar surface area (TPSA) is 38.0 Å². The Morgan fingerprint density at radius 3 is 2.67 bits per heavy atom. The molecule has 1 saturated carbocycles. The van der Waals surface area contributed by atoms with Crippen molar-refractivity contribution in [3.63, 3.8) is 0 Å². The highest BCUT2D eigenvalue weighted by atomic mass is 16.3. The van der Waals surface area contributed by atoms with E-state index in [1.54, 1.807) is 0 Å². The molecule has 0 saturated heterocycles. The van der Waals surface area contributed by atoms with E-state index in [0.29, 0.717) is 5.92 Å². The summed E-state index contributed by atoms with van der Waals surface area (Å²) < 4.78 is 2.11. The maximum Gasteiger partial charge on any atom is 0.0983 e. The zero-order valence-electron chi connectivity index (χ0n) is 11.7. The minimum atomic E-state index is -0.322. The molecule has 0 amide bonds. The van der Waals surface area contributed by atoms with Crippen molar-refractivity contribution >= 4 is 0 Å². The maximum absolute atomic E-state index is 10.5. The Morgan fingerprint density at radius 2 is 2.06 bits per heavy atom. The van der Waals surface area contributed by atoms with E-state index >= 15 is 0 Å². The number of aliphatic hydroxyl groups is 1. The molecule has 0 aromatic carbocycles. The van der Waals surface area contributed by atoms with Crippen molar-refractivity contribution in [3.8, 4) is 0 Å². The molecule has 18 heavy (non-hydrogen) atoms. The highest BCUT2D eigenvalue weighted by Gasteiger charge is 2.28. The lowest BCUT2D eigenvalue weighted by Crippen LogP contribution is -2.22. The lowest BCUT2D eigenvalue weighted by molar-refractivity contribution is 0.0665. The molecule has 2 rings (SSSR count). The Kier molecular flexibility index (Phi) is 4.81. The molecule has 0 spiro atoms. The van der Waals surface area contributed by atoms with E-state index in [2.05, 4.69) is 23.4 Å². The van der Waals surface area contributed by atoms with Gasteiger partial charge in [-0.25, -0.2) is 4.98 Å². The van der Waals surface area contributed by atoms with E-state index in [4.69, 9.17) is 0 Å². The Balaban J connectivity index is 1.98. The average molecular weight is 250 g/mol. The van der Waals surface area contributed by atoms with Gasteiger partial charge < -0.3 is 9.67 Å². The number of imidazole rings is 1. The van der Waals surface area contributed by atoms with Crippen LogP contribution in [0.2, 0.25) is 0 Å². The molecule has 3 nitrogen and oxygen atoms in total. The lowest BCUT2D eigenvalue weighted by atomic mass is 9.78. The number of hydrogen-bond donors (Lipinski definition) is 1. The van der Waals surface area contributed by atoms with Crippen LogP contribution in [0.5, 0.6) is 0 Å². The standard InChI is InChI=1S/C15H26N2O/c1-3-9-17-11-16-10-14(17)15(18)13-7-5-12(4-2)6-8-13/h10-13,15,18H,3-9H2,1-2H3. The van der Waals surface area contributed by atoms with Gasteiger partial charge in [0.25, 0.3) is 0 Å². The normalized spacial score (nSPS) is 26.2. The third-order valence-electron chi connectivity index (χ3n) is 4.43. The van der Waals surface area contributed by atoms with Crippen LogP contribution in [0, 0.1) is 11.8 Å². The van der Waals surface area contributed by atoms with Gasteiger partial charge in [0.1, 0.15) is 0 Å². The molecule has 102 valence electrons. The van der Waals surface area contributed by atoms with Crippen molar-refractivity contribution in [2.75, 3.05) is 0 Å². The number of aryl methyl sites for hydroxylation is 1. The van der Waals surface area contributed by atoms with Crippen LogP contribution >= 0.6 is 0 Å². The second-order valence-corrected chi connectivity index (χ2v) is 5.65. The van der Waals surface area contributed by atoms with Gasteiger partial charge in [0.15, 0.2) is 0 Å². The summed E-state index contributed by atoms with van der Waals surface area (Å²) in [7, 11) is 0. The van der Waals surface area contributed by atoms with E-state index < -0.39 is 0 Å². The minimum Gasteiger partial charge on any atom is -0.387 e. The van der Waals surface area contributed by atoms with Gasteiger partial charge >= 0.3 is 0 Å². The zero-order valence-corrected chi connectivity index (χ0v) is 11.7. The molecule has 1 fully saturated rings. The fourth-order valence-corrected chi connectivity index (χ4v) is 3.16. The molecule has 1 aromatic heterocycles. The van der Waals surface area contributed by atoms with Crippen molar-refractivity contribution in [3.05, 3.63) is 18.2 Å². The predicted molar refractivity (Wildman–Crippen MR) is 73.2 cm³/mol. The second kappa shape index (κ2) is 6.37. The molecular formula is C15H26N2O. The van der Waals surface area contributed by atoms with Gasteiger partial charge in [0.05, 0.1) is 24.3 Å². The summed E-state index contributed by atoms with van der Waals surface area (Å²) in [6.45, 7) is 5.39. The molecule has 3 heteroatoms. The lowest BCUT2D eigenvalue weighted by Gasteiger charge is -2.31. The molecule has 1 atom stereocenters. The smallest absolute Gasteiger partial charge is 0.0983 e. The highest BCUT2D eigenvalue weighted by Crippen LogP contribution is 2.37. The molecule has 1 unspecified atom stereocenters. The van der Waals surface area contributed by atoms with Crippen LogP contribution < -0.4 is 0 Å². The SMILES string of the molecule is CCCn1cncc1C(O)C1CCC(CC)CC1. The quantitative estimate of drug-likeness (QED) is 0.868. The molecule has 1 aromatic rings. The summed E-state index contributed by atoms with van der Waals surface area (Å²) in [5.74, 6) is 1.31. The van der Waals surface area contributed by atoms with E-state index in [1.165, 1.54) is 19.3 Å². The van der Waals surface area contributed by atoms with Crippen LogP contribution in [0.15, 0.2) is 12.5 Å². The largest absolute Gasteiger partial charge is 0.387 e. The first-order valence-corrected chi connectivity index (χ1v) is 7.44. The summed E-state index contributed by atoms with van der Waals surface area (Å²) >= 11 is 0. The zero-order chi connectivity index (χ0) is 13.0. The van der Waals surface area contributed by atoms with Gasteiger partial charge in [-0.3, -0.25) is 0 Å². The molecule has 1 N–H and O–H groups in total.